The molecule has 0 fully saturated rings. The number of rotatable bonds is 15. The molecule has 7 heteroatoms. The van der Waals surface area contributed by atoms with Crippen LogP contribution in [0.15, 0.2) is 48.5 Å². The summed E-state index contributed by atoms with van der Waals surface area (Å²) < 4.78 is 38.4. The van der Waals surface area contributed by atoms with Crippen molar-refractivity contribution in [2.45, 2.75) is 96.8 Å². The molecule has 0 spiro atoms. The summed E-state index contributed by atoms with van der Waals surface area (Å²) in [7, 11) is 0. The molecule has 0 aliphatic carbocycles. The number of aryl methyl sites for hydroxylation is 1. The highest BCUT2D eigenvalue weighted by Gasteiger charge is 2.30. The number of benzene rings is 2. The number of aliphatic carboxylic acids is 1. The summed E-state index contributed by atoms with van der Waals surface area (Å²) in [4.78, 5) is 24.6. The smallest absolute Gasteiger partial charge is 0.416 e. The average molecular weight is 506 g/mol. The molecule has 0 atom stereocenters. The fourth-order valence-electron chi connectivity index (χ4n) is 4.20. The lowest BCUT2D eigenvalue weighted by Crippen LogP contribution is -2.35. The Morgan fingerprint density at radius 3 is 1.56 bits per heavy atom. The molecule has 0 bridgehead atoms. The van der Waals surface area contributed by atoms with Gasteiger partial charge in [-0.3, -0.25) is 4.79 Å². The van der Waals surface area contributed by atoms with Crippen molar-refractivity contribution < 1.29 is 27.9 Å². The Hall–Kier alpha value is -2.83. The first-order valence-corrected chi connectivity index (χ1v) is 13.0. The van der Waals surface area contributed by atoms with Gasteiger partial charge in [0.25, 0.3) is 0 Å². The van der Waals surface area contributed by atoms with Crippen LogP contribution < -0.4 is 0 Å². The van der Waals surface area contributed by atoms with Gasteiger partial charge in [0.2, 0.25) is 0 Å². The molecule has 2 rings (SSSR count). The third-order valence-corrected chi connectivity index (χ3v) is 6.34. The maximum absolute atomic E-state index is 12.8. The highest BCUT2D eigenvalue weighted by atomic mass is 19.4. The Bertz CT molecular complexity index is 924. The van der Waals surface area contributed by atoms with Crippen LogP contribution in [-0.4, -0.2) is 21.9 Å². The fraction of sp³-hybridized carbons (Fsp3) is 0.517. The van der Waals surface area contributed by atoms with E-state index in [0.29, 0.717) is 5.56 Å². The average Bonchev–Trinajstić information content (AvgIpc) is 2.85. The number of unbranched alkanes of at least 4 members (excludes halogenated alkanes) is 9. The zero-order chi connectivity index (χ0) is 26.4. The van der Waals surface area contributed by atoms with Gasteiger partial charge in [-0.05, 0) is 41.7 Å². The SMILES string of the molecule is CCCCCCCCCCCCc1ccc(CN(Cc2ccc(C(F)(F)F)cc2)C(=O)C(=O)O)cc1. The van der Waals surface area contributed by atoms with Crippen molar-refractivity contribution >= 4 is 11.9 Å². The minimum atomic E-state index is -4.45. The van der Waals surface area contributed by atoms with Crippen molar-refractivity contribution in [1.29, 1.82) is 0 Å². The van der Waals surface area contributed by atoms with Crippen molar-refractivity contribution in [1.82, 2.24) is 4.90 Å². The molecule has 0 unspecified atom stereocenters. The fourth-order valence-corrected chi connectivity index (χ4v) is 4.20. The molecule has 1 amide bonds. The number of hydrogen-bond donors (Lipinski definition) is 1. The summed E-state index contributed by atoms with van der Waals surface area (Å²) in [6.45, 7) is 2.20. The van der Waals surface area contributed by atoms with E-state index < -0.39 is 23.6 Å². The third kappa shape index (κ3) is 10.8. The van der Waals surface area contributed by atoms with E-state index in [9.17, 15) is 27.9 Å². The number of carboxylic acids is 1. The zero-order valence-corrected chi connectivity index (χ0v) is 21.2. The number of carbonyl (C=O) groups is 2. The van der Waals surface area contributed by atoms with Gasteiger partial charge in [-0.25, -0.2) is 4.79 Å². The Morgan fingerprint density at radius 1 is 0.694 bits per heavy atom. The van der Waals surface area contributed by atoms with E-state index in [0.717, 1.165) is 35.4 Å². The van der Waals surface area contributed by atoms with Gasteiger partial charge in [-0.2, -0.15) is 13.2 Å². The molecule has 2 aromatic carbocycles. The minimum absolute atomic E-state index is 0.0602. The summed E-state index contributed by atoms with van der Waals surface area (Å²) in [5.41, 5.74) is 1.59. The lowest BCUT2D eigenvalue weighted by atomic mass is 10.0. The maximum atomic E-state index is 12.8. The zero-order valence-electron chi connectivity index (χ0n) is 21.2. The molecule has 0 heterocycles. The van der Waals surface area contributed by atoms with Crippen molar-refractivity contribution in [3.05, 3.63) is 70.8 Å². The molecule has 0 aliphatic rings. The van der Waals surface area contributed by atoms with Gasteiger partial charge in [0, 0.05) is 13.1 Å². The molecule has 36 heavy (non-hydrogen) atoms. The lowest BCUT2D eigenvalue weighted by molar-refractivity contribution is -0.156. The Kier molecular flexibility index (Phi) is 12.5. The molecule has 0 saturated carbocycles. The molecular formula is C29H38F3NO3. The number of alkyl halides is 3. The normalized spacial score (nSPS) is 11.4. The largest absolute Gasteiger partial charge is 0.474 e. The summed E-state index contributed by atoms with van der Waals surface area (Å²) >= 11 is 0. The Labute approximate surface area is 212 Å². The number of hydrogen-bond acceptors (Lipinski definition) is 2. The molecule has 0 radical (unpaired) electrons. The number of amides is 1. The summed E-state index contributed by atoms with van der Waals surface area (Å²) in [5.74, 6) is -2.69. The number of carboxylic acid groups (broad SMARTS) is 1. The first-order valence-electron chi connectivity index (χ1n) is 13.0. The molecule has 0 saturated heterocycles. The van der Waals surface area contributed by atoms with Crippen molar-refractivity contribution in [2.24, 2.45) is 0 Å². The number of halogens is 3. The molecule has 0 aromatic heterocycles. The van der Waals surface area contributed by atoms with Gasteiger partial charge in [0.15, 0.2) is 0 Å². The molecule has 0 aliphatic heterocycles. The molecule has 1 N–H and O–H groups in total. The summed E-state index contributed by atoms with van der Waals surface area (Å²) in [6, 6.07) is 12.1. The minimum Gasteiger partial charge on any atom is -0.474 e. The van der Waals surface area contributed by atoms with E-state index in [1.54, 1.807) is 0 Å². The van der Waals surface area contributed by atoms with E-state index in [2.05, 4.69) is 6.92 Å². The van der Waals surface area contributed by atoms with Crippen LogP contribution in [0.1, 0.15) is 93.4 Å². The molecule has 4 nitrogen and oxygen atoms in total. The predicted octanol–water partition coefficient (Wildman–Crippen LogP) is 7.78. The van der Waals surface area contributed by atoms with Gasteiger partial charge in [-0.1, -0.05) is 101 Å². The van der Waals surface area contributed by atoms with Crippen molar-refractivity contribution in [2.75, 3.05) is 0 Å². The quantitative estimate of drug-likeness (QED) is 0.199. The van der Waals surface area contributed by atoms with Gasteiger partial charge in [0.05, 0.1) is 5.56 Å². The van der Waals surface area contributed by atoms with E-state index in [-0.39, 0.29) is 13.1 Å². The van der Waals surface area contributed by atoms with Crippen LogP contribution in [0, 0.1) is 0 Å². The van der Waals surface area contributed by atoms with Crippen LogP contribution in [-0.2, 0) is 35.3 Å². The standard InChI is InChI=1S/C29H38F3NO3/c1-2-3-4-5-6-7-8-9-10-11-12-23-13-15-24(16-14-23)21-33(27(34)28(35)36)22-25-17-19-26(20-18-25)29(30,31)32/h13-20H,2-12,21-22H2,1H3,(H,35,36). The van der Waals surface area contributed by atoms with Gasteiger partial charge in [0.1, 0.15) is 0 Å². The number of nitrogens with zero attached hydrogens (tertiary/aromatic N) is 1. The topological polar surface area (TPSA) is 57.6 Å². The van der Waals surface area contributed by atoms with Crippen LogP contribution in [0.4, 0.5) is 13.2 Å². The molecule has 2 aromatic rings. The van der Waals surface area contributed by atoms with E-state index >= 15 is 0 Å². The second kappa shape index (κ2) is 15.3. The second-order valence-corrected chi connectivity index (χ2v) is 9.41. The van der Waals surface area contributed by atoms with Gasteiger partial charge in [-0.15, -0.1) is 0 Å². The van der Waals surface area contributed by atoms with E-state index in [1.165, 1.54) is 75.5 Å². The Balaban J connectivity index is 1.82. The van der Waals surface area contributed by atoms with Crippen LogP contribution in [0.5, 0.6) is 0 Å². The first kappa shape index (κ1) is 29.4. The van der Waals surface area contributed by atoms with Crippen LogP contribution in [0.2, 0.25) is 0 Å². The van der Waals surface area contributed by atoms with Crippen molar-refractivity contribution in [3.63, 3.8) is 0 Å². The Morgan fingerprint density at radius 2 is 1.11 bits per heavy atom. The van der Waals surface area contributed by atoms with Gasteiger partial charge >= 0.3 is 18.1 Å². The van der Waals surface area contributed by atoms with Crippen LogP contribution in [0.3, 0.4) is 0 Å². The first-order chi connectivity index (χ1) is 17.2. The highest BCUT2D eigenvalue weighted by Crippen LogP contribution is 2.29. The molecular weight excluding hydrogens is 467 g/mol. The van der Waals surface area contributed by atoms with Crippen LogP contribution in [0.25, 0.3) is 0 Å². The van der Waals surface area contributed by atoms with E-state index in [4.69, 9.17) is 0 Å². The van der Waals surface area contributed by atoms with Gasteiger partial charge < -0.3 is 10.0 Å². The third-order valence-electron chi connectivity index (χ3n) is 6.34. The van der Waals surface area contributed by atoms with Crippen LogP contribution >= 0.6 is 0 Å². The van der Waals surface area contributed by atoms with Crippen molar-refractivity contribution in [3.8, 4) is 0 Å². The lowest BCUT2D eigenvalue weighted by Gasteiger charge is -2.21. The number of carbonyl (C=O) groups excluding carboxylic acids is 1. The monoisotopic (exact) mass is 505 g/mol. The second-order valence-electron chi connectivity index (χ2n) is 9.41. The summed E-state index contributed by atoms with van der Waals surface area (Å²) in [6.07, 6.45) is 9.35. The molecule has 198 valence electrons. The maximum Gasteiger partial charge on any atom is 0.416 e. The predicted molar refractivity (Wildman–Crippen MR) is 135 cm³/mol. The summed E-state index contributed by atoms with van der Waals surface area (Å²) in [5, 5.41) is 9.19. The highest BCUT2D eigenvalue weighted by molar-refractivity contribution is 6.31. The van der Waals surface area contributed by atoms with E-state index in [1.807, 2.05) is 24.3 Å².